The molecular formula is C15H15N3O3. The number of nitrogen functional groups attached to an aromatic ring is 1. The number of anilines is 1. The lowest BCUT2D eigenvalue weighted by atomic mass is 9.76. The minimum atomic E-state index is -1.15. The number of fused-ring (bicyclic) bond motifs is 1. The average Bonchev–Trinajstić information content (AvgIpc) is 2.42. The van der Waals surface area contributed by atoms with E-state index in [2.05, 4.69) is 10.3 Å². The molecule has 1 fully saturated rings. The third-order valence-corrected chi connectivity index (χ3v) is 3.95. The summed E-state index contributed by atoms with van der Waals surface area (Å²) in [5, 5.41) is 12.6. The van der Waals surface area contributed by atoms with Crippen LogP contribution in [0.1, 0.15) is 29.8 Å². The average molecular weight is 285 g/mol. The number of nitrogens with one attached hydrogen (secondary N) is 1. The van der Waals surface area contributed by atoms with Crippen LogP contribution in [-0.4, -0.2) is 27.5 Å². The van der Waals surface area contributed by atoms with Crippen LogP contribution in [0.15, 0.2) is 30.3 Å². The van der Waals surface area contributed by atoms with Gasteiger partial charge in [0.2, 0.25) is 0 Å². The number of nitrogens with two attached hydrogens (primary N) is 1. The molecule has 6 heteroatoms. The summed E-state index contributed by atoms with van der Waals surface area (Å²) in [6.45, 7) is 0. The molecule has 6 nitrogen and oxygen atoms in total. The van der Waals surface area contributed by atoms with E-state index in [1.165, 1.54) is 6.07 Å². The van der Waals surface area contributed by atoms with Crippen molar-refractivity contribution in [3.05, 3.63) is 36.0 Å². The number of pyridine rings is 1. The molecule has 1 aromatic carbocycles. The van der Waals surface area contributed by atoms with Gasteiger partial charge >= 0.3 is 5.97 Å². The molecule has 0 radical (unpaired) electrons. The number of aliphatic carboxylic acids is 1. The SMILES string of the molecule is Nc1cc(C(=O)NC2(C(=O)O)CCC2)nc2ccccc12. The topological polar surface area (TPSA) is 105 Å². The summed E-state index contributed by atoms with van der Waals surface area (Å²) in [6, 6.07) is 8.71. The van der Waals surface area contributed by atoms with Crippen molar-refractivity contribution >= 4 is 28.5 Å². The van der Waals surface area contributed by atoms with E-state index in [1.807, 2.05) is 12.1 Å². The molecule has 1 amide bonds. The molecule has 0 spiro atoms. The van der Waals surface area contributed by atoms with Gasteiger partial charge in [0.1, 0.15) is 11.2 Å². The van der Waals surface area contributed by atoms with E-state index in [9.17, 15) is 14.7 Å². The molecule has 0 saturated heterocycles. The van der Waals surface area contributed by atoms with Crippen molar-refractivity contribution in [2.45, 2.75) is 24.8 Å². The fourth-order valence-corrected chi connectivity index (χ4v) is 2.52. The summed E-state index contributed by atoms with van der Waals surface area (Å²) in [5.41, 5.74) is 5.97. The van der Waals surface area contributed by atoms with Gasteiger partial charge in [-0.05, 0) is 31.4 Å². The summed E-state index contributed by atoms with van der Waals surface area (Å²) < 4.78 is 0. The molecule has 2 aromatic rings. The Morgan fingerprint density at radius 2 is 2.00 bits per heavy atom. The number of hydrogen-bond acceptors (Lipinski definition) is 4. The Bertz CT molecular complexity index is 738. The summed E-state index contributed by atoms with van der Waals surface area (Å²) in [6.07, 6.45) is 1.67. The number of nitrogens with zero attached hydrogens (tertiary/aromatic N) is 1. The Balaban J connectivity index is 1.93. The highest BCUT2D eigenvalue weighted by atomic mass is 16.4. The van der Waals surface area contributed by atoms with Crippen molar-refractivity contribution in [1.29, 1.82) is 0 Å². The zero-order valence-electron chi connectivity index (χ0n) is 11.3. The predicted octanol–water partition coefficient (Wildman–Crippen LogP) is 1.55. The third kappa shape index (κ3) is 2.18. The van der Waals surface area contributed by atoms with Crippen molar-refractivity contribution in [2.75, 3.05) is 5.73 Å². The summed E-state index contributed by atoms with van der Waals surface area (Å²) in [7, 11) is 0. The van der Waals surface area contributed by atoms with Crippen molar-refractivity contribution in [1.82, 2.24) is 10.3 Å². The molecule has 21 heavy (non-hydrogen) atoms. The van der Waals surface area contributed by atoms with Gasteiger partial charge in [-0.1, -0.05) is 18.2 Å². The number of rotatable bonds is 3. The largest absolute Gasteiger partial charge is 0.480 e. The lowest BCUT2D eigenvalue weighted by Gasteiger charge is -2.38. The van der Waals surface area contributed by atoms with Gasteiger partial charge < -0.3 is 16.2 Å². The minimum Gasteiger partial charge on any atom is -0.480 e. The standard InChI is InChI=1S/C15H15N3O3/c16-10-8-12(17-11-5-2-1-4-9(10)11)13(19)18-15(14(20)21)6-3-7-15/h1-2,4-5,8H,3,6-7H2,(H2,16,17)(H,18,19)(H,20,21). The van der Waals surface area contributed by atoms with E-state index in [1.54, 1.807) is 12.1 Å². The van der Waals surface area contributed by atoms with E-state index >= 15 is 0 Å². The highest BCUT2D eigenvalue weighted by molar-refractivity contribution is 6.01. The molecule has 1 saturated carbocycles. The highest BCUT2D eigenvalue weighted by Gasteiger charge is 2.45. The highest BCUT2D eigenvalue weighted by Crippen LogP contribution is 2.32. The molecule has 3 rings (SSSR count). The van der Waals surface area contributed by atoms with E-state index in [-0.39, 0.29) is 5.69 Å². The lowest BCUT2D eigenvalue weighted by Crippen LogP contribution is -2.59. The normalized spacial score (nSPS) is 16.2. The Morgan fingerprint density at radius 1 is 1.29 bits per heavy atom. The predicted molar refractivity (Wildman–Crippen MR) is 77.8 cm³/mol. The summed E-state index contributed by atoms with van der Waals surface area (Å²) >= 11 is 0. The zero-order chi connectivity index (χ0) is 15.0. The van der Waals surface area contributed by atoms with E-state index < -0.39 is 17.4 Å². The lowest BCUT2D eigenvalue weighted by molar-refractivity contribution is -0.148. The molecule has 1 aliphatic rings. The number of aromatic nitrogens is 1. The quantitative estimate of drug-likeness (QED) is 0.793. The number of carboxylic acid groups (broad SMARTS) is 1. The maximum absolute atomic E-state index is 12.3. The van der Waals surface area contributed by atoms with Gasteiger partial charge in [-0.2, -0.15) is 0 Å². The van der Waals surface area contributed by atoms with Gasteiger partial charge in [-0.25, -0.2) is 9.78 Å². The maximum Gasteiger partial charge on any atom is 0.329 e. The van der Waals surface area contributed by atoms with Gasteiger partial charge in [-0.3, -0.25) is 4.79 Å². The van der Waals surface area contributed by atoms with Crippen LogP contribution in [0.25, 0.3) is 10.9 Å². The van der Waals surface area contributed by atoms with Gasteiger partial charge in [0.05, 0.1) is 5.52 Å². The fourth-order valence-electron chi connectivity index (χ4n) is 2.52. The Kier molecular flexibility index (Phi) is 3.01. The van der Waals surface area contributed by atoms with Crippen molar-refractivity contribution < 1.29 is 14.7 Å². The molecule has 0 unspecified atom stereocenters. The fraction of sp³-hybridized carbons (Fsp3) is 0.267. The summed E-state index contributed by atoms with van der Waals surface area (Å²) in [4.78, 5) is 27.8. The number of para-hydroxylation sites is 1. The number of hydrogen-bond donors (Lipinski definition) is 3. The van der Waals surface area contributed by atoms with Crippen LogP contribution in [-0.2, 0) is 4.79 Å². The van der Waals surface area contributed by atoms with Gasteiger partial charge in [0.25, 0.3) is 5.91 Å². The molecular weight excluding hydrogens is 270 g/mol. The molecule has 1 heterocycles. The molecule has 0 aliphatic heterocycles. The molecule has 108 valence electrons. The van der Waals surface area contributed by atoms with E-state index in [0.717, 1.165) is 11.8 Å². The van der Waals surface area contributed by atoms with Crippen LogP contribution in [0, 0.1) is 0 Å². The first-order valence-corrected chi connectivity index (χ1v) is 6.73. The number of carbonyl (C=O) groups is 2. The second kappa shape index (κ2) is 4.73. The van der Waals surface area contributed by atoms with Crippen LogP contribution in [0.2, 0.25) is 0 Å². The monoisotopic (exact) mass is 285 g/mol. The van der Waals surface area contributed by atoms with Gasteiger partial charge in [-0.15, -0.1) is 0 Å². The third-order valence-electron chi connectivity index (χ3n) is 3.95. The second-order valence-electron chi connectivity index (χ2n) is 5.31. The molecule has 1 aliphatic carbocycles. The molecule has 1 aromatic heterocycles. The smallest absolute Gasteiger partial charge is 0.329 e. The van der Waals surface area contributed by atoms with Gasteiger partial charge in [0.15, 0.2) is 0 Å². The summed E-state index contributed by atoms with van der Waals surface area (Å²) in [5.74, 6) is -1.51. The molecule has 0 atom stereocenters. The van der Waals surface area contributed by atoms with Crippen molar-refractivity contribution in [3.63, 3.8) is 0 Å². The van der Waals surface area contributed by atoms with Gasteiger partial charge in [0, 0.05) is 11.1 Å². The Hall–Kier alpha value is -2.63. The van der Waals surface area contributed by atoms with Crippen LogP contribution < -0.4 is 11.1 Å². The molecule has 4 N–H and O–H groups in total. The first kappa shape index (κ1) is 13.4. The first-order valence-electron chi connectivity index (χ1n) is 6.73. The van der Waals surface area contributed by atoms with Crippen LogP contribution in [0.4, 0.5) is 5.69 Å². The Morgan fingerprint density at radius 3 is 2.62 bits per heavy atom. The van der Waals surface area contributed by atoms with Crippen LogP contribution in [0.5, 0.6) is 0 Å². The van der Waals surface area contributed by atoms with E-state index in [0.29, 0.717) is 24.0 Å². The number of carboxylic acids is 1. The zero-order valence-corrected chi connectivity index (χ0v) is 11.3. The van der Waals surface area contributed by atoms with Crippen molar-refractivity contribution in [2.24, 2.45) is 0 Å². The molecule has 0 bridgehead atoms. The number of benzene rings is 1. The van der Waals surface area contributed by atoms with Crippen molar-refractivity contribution in [3.8, 4) is 0 Å². The minimum absolute atomic E-state index is 0.138. The second-order valence-corrected chi connectivity index (χ2v) is 5.31. The van der Waals surface area contributed by atoms with Crippen LogP contribution >= 0.6 is 0 Å². The van der Waals surface area contributed by atoms with E-state index in [4.69, 9.17) is 5.73 Å². The Labute approximate surface area is 121 Å². The van der Waals surface area contributed by atoms with Crippen LogP contribution in [0.3, 0.4) is 0 Å². The number of carbonyl (C=O) groups excluding carboxylic acids is 1. The first-order chi connectivity index (χ1) is 10.0. The number of amides is 1. The maximum atomic E-state index is 12.3.